The van der Waals surface area contributed by atoms with Gasteiger partial charge in [0.2, 0.25) is 0 Å². The van der Waals surface area contributed by atoms with Gasteiger partial charge in [0.15, 0.2) is 0 Å². The summed E-state index contributed by atoms with van der Waals surface area (Å²) in [6.45, 7) is 2.57. The Balaban J connectivity index is 2.11. The fourth-order valence-corrected chi connectivity index (χ4v) is 3.61. The third-order valence-corrected chi connectivity index (χ3v) is 4.68. The Labute approximate surface area is 137 Å². The maximum absolute atomic E-state index is 12.0. The Hall–Kier alpha value is -1.97. The summed E-state index contributed by atoms with van der Waals surface area (Å²) >= 11 is 0. The summed E-state index contributed by atoms with van der Waals surface area (Å²) in [5, 5.41) is 1.23. The summed E-state index contributed by atoms with van der Waals surface area (Å²) in [5.41, 5.74) is 3.81. The lowest BCUT2D eigenvalue weighted by Gasteiger charge is -2.14. The smallest absolute Gasteiger partial charge is 0.325 e. The SMILES string of the molecule is CCOC(=O)Cn1c2c(c3cc(OC)ccc31)CCCCCC2. The van der Waals surface area contributed by atoms with Crippen LogP contribution in [0.1, 0.15) is 43.9 Å². The van der Waals surface area contributed by atoms with Gasteiger partial charge in [-0.15, -0.1) is 0 Å². The predicted molar refractivity (Wildman–Crippen MR) is 91.0 cm³/mol. The van der Waals surface area contributed by atoms with Crippen LogP contribution in [-0.2, 0) is 28.9 Å². The van der Waals surface area contributed by atoms with Crippen LogP contribution < -0.4 is 4.74 Å². The fraction of sp³-hybridized carbons (Fsp3) is 0.526. The lowest BCUT2D eigenvalue weighted by molar-refractivity contribution is -0.143. The molecule has 2 aromatic rings. The largest absolute Gasteiger partial charge is 0.497 e. The van der Waals surface area contributed by atoms with E-state index in [1.54, 1.807) is 7.11 Å². The Kier molecular flexibility index (Phi) is 4.89. The summed E-state index contributed by atoms with van der Waals surface area (Å²) in [4.78, 5) is 12.0. The molecule has 0 spiro atoms. The van der Waals surface area contributed by atoms with E-state index in [9.17, 15) is 4.79 Å². The highest BCUT2D eigenvalue weighted by Crippen LogP contribution is 2.33. The third-order valence-electron chi connectivity index (χ3n) is 4.68. The summed E-state index contributed by atoms with van der Waals surface area (Å²) in [7, 11) is 1.69. The first-order chi connectivity index (χ1) is 11.2. The van der Waals surface area contributed by atoms with Gasteiger partial charge in [0.25, 0.3) is 0 Å². The number of ether oxygens (including phenoxy) is 2. The molecule has 0 atom stereocenters. The number of carbonyl (C=O) groups is 1. The van der Waals surface area contributed by atoms with Crippen LogP contribution in [0.3, 0.4) is 0 Å². The van der Waals surface area contributed by atoms with Crippen molar-refractivity contribution in [3.05, 3.63) is 29.5 Å². The van der Waals surface area contributed by atoms with Crippen molar-refractivity contribution in [2.45, 2.75) is 52.0 Å². The molecular formula is C19H25NO3. The standard InChI is InChI=1S/C19H25NO3/c1-3-23-19(21)13-20-17-9-7-5-4-6-8-15(17)16-12-14(22-2)10-11-18(16)20/h10-12H,3-9,13H2,1-2H3. The minimum absolute atomic E-state index is 0.162. The number of nitrogens with zero attached hydrogens (tertiary/aromatic N) is 1. The molecule has 1 aliphatic carbocycles. The predicted octanol–water partition coefficient (Wildman–Crippen LogP) is 3.87. The van der Waals surface area contributed by atoms with Crippen LogP contribution >= 0.6 is 0 Å². The van der Waals surface area contributed by atoms with E-state index in [2.05, 4.69) is 16.7 Å². The molecule has 1 aromatic carbocycles. The number of hydrogen-bond donors (Lipinski definition) is 0. The monoisotopic (exact) mass is 315 g/mol. The van der Waals surface area contributed by atoms with E-state index in [4.69, 9.17) is 9.47 Å². The van der Waals surface area contributed by atoms with E-state index in [0.717, 1.165) is 24.1 Å². The van der Waals surface area contributed by atoms with E-state index in [-0.39, 0.29) is 5.97 Å². The molecule has 1 aliphatic rings. The van der Waals surface area contributed by atoms with Crippen molar-refractivity contribution in [2.24, 2.45) is 0 Å². The van der Waals surface area contributed by atoms with Crippen LogP contribution in [0.5, 0.6) is 5.75 Å². The number of hydrogen-bond acceptors (Lipinski definition) is 3. The van der Waals surface area contributed by atoms with Gasteiger partial charge < -0.3 is 14.0 Å². The molecule has 0 fully saturated rings. The number of rotatable bonds is 4. The van der Waals surface area contributed by atoms with Crippen molar-refractivity contribution >= 4 is 16.9 Å². The maximum Gasteiger partial charge on any atom is 0.325 e. The molecule has 0 unspecified atom stereocenters. The molecule has 3 rings (SSSR count). The zero-order valence-corrected chi connectivity index (χ0v) is 14.1. The molecule has 4 nitrogen and oxygen atoms in total. The second-order valence-electron chi connectivity index (χ2n) is 6.11. The van der Waals surface area contributed by atoms with Crippen molar-refractivity contribution in [1.29, 1.82) is 0 Å². The van der Waals surface area contributed by atoms with Gasteiger partial charge in [0, 0.05) is 16.6 Å². The molecule has 0 saturated heterocycles. The van der Waals surface area contributed by atoms with Gasteiger partial charge in [0.05, 0.1) is 13.7 Å². The van der Waals surface area contributed by atoms with Crippen LogP contribution in [0.25, 0.3) is 10.9 Å². The Morgan fingerprint density at radius 3 is 2.70 bits per heavy atom. The second-order valence-corrected chi connectivity index (χ2v) is 6.11. The normalized spacial score (nSPS) is 14.9. The van der Waals surface area contributed by atoms with E-state index in [0.29, 0.717) is 13.2 Å². The minimum Gasteiger partial charge on any atom is -0.497 e. The quantitative estimate of drug-likeness (QED) is 0.804. The highest BCUT2D eigenvalue weighted by Gasteiger charge is 2.20. The van der Waals surface area contributed by atoms with Gasteiger partial charge in [-0.3, -0.25) is 4.79 Å². The molecule has 124 valence electrons. The number of aryl methyl sites for hydroxylation is 1. The zero-order valence-electron chi connectivity index (χ0n) is 14.1. The molecule has 0 amide bonds. The average molecular weight is 315 g/mol. The first-order valence-corrected chi connectivity index (χ1v) is 8.58. The molecule has 0 bridgehead atoms. The van der Waals surface area contributed by atoms with Crippen molar-refractivity contribution in [2.75, 3.05) is 13.7 Å². The number of carbonyl (C=O) groups excluding carboxylic acids is 1. The highest BCUT2D eigenvalue weighted by molar-refractivity contribution is 5.88. The number of fused-ring (bicyclic) bond motifs is 3. The topological polar surface area (TPSA) is 40.5 Å². The van der Waals surface area contributed by atoms with Crippen LogP contribution in [-0.4, -0.2) is 24.3 Å². The molecule has 0 saturated carbocycles. The lowest BCUT2D eigenvalue weighted by atomic mass is 9.96. The lowest BCUT2D eigenvalue weighted by Crippen LogP contribution is -2.16. The highest BCUT2D eigenvalue weighted by atomic mass is 16.5. The first-order valence-electron chi connectivity index (χ1n) is 8.58. The van der Waals surface area contributed by atoms with Crippen LogP contribution in [0.2, 0.25) is 0 Å². The first kappa shape index (κ1) is 15.9. The maximum atomic E-state index is 12.0. The van der Waals surface area contributed by atoms with Gasteiger partial charge in [-0.25, -0.2) is 0 Å². The molecule has 1 heterocycles. The Morgan fingerprint density at radius 2 is 1.96 bits per heavy atom. The average Bonchev–Trinajstić information content (AvgIpc) is 2.79. The molecule has 1 aromatic heterocycles. The van der Waals surface area contributed by atoms with Gasteiger partial charge in [0.1, 0.15) is 12.3 Å². The van der Waals surface area contributed by atoms with Crippen LogP contribution in [0.4, 0.5) is 0 Å². The van der Waals surface area contributed by atoms with E-state index < -0.39 is 0 Å². The summed E-state index contributed by atoms with van der Waals surface area (Å²) < 4.78 is 12.7. The summed E-state index contributed by atoms with van der Waals surface area (Å²) in [6.07, 6.45) is 7.06. The summed E-state index contributed by atoms with van der Waals surface area (Å²) in [5.74, 6) is 0.709. The Bertz CT molecular complexity index is 702. The van der Waals surface area contributed by atoms with Crippen LogP contribution in [0.15, 0.2) is 18.2 Å². The fourth-order valence-electron chi connectivity index (χ4n) is 3.61. The van der Waals surface area contributed by atoms with E-state index in [1.807, 2.05) is 13.0 Å². The van der Waals surface area contributed by atoms with E-state index in [1.165, 1.54) is 42.3 Å². The van der Waals surface area contributed by atoms with Crippen molar-refractivity contribution in [3.63, 3.8) is 0 Å². The number of methoxy groups -OCH3 is 1. The van der Waals surface area contributed by atoms with Gasteiger partial charge >= 0.3 is 5.97 Å². The molecular weight excluding hydrogens is 290 g/mol. The van der Waals surface area contributed by atoms with Gasteiger partial charge in [-0.2, -0.15) is 0 Å². The van der Waals surface area contributed by atoms with Gasteiger partial charge in [-0.05, 0) is 56.4 Å². The Morgan fingerprint density at radius 1 is 1.17 bits per heavy atom. The van der Waals surface area contributed by atoms with Crippen molar-refractivity contribution in [1.82, 2.24) is 4.57 Å². The molecule has 4 heteroatoms. The summed E-state index contributed by atoms with van der Waals surface area (Å²) in [6, 6.07) is 6.15. The van der Waals surface area contributed by atoms with Gasteiger partial charge in [-0.1, -0.05) is 12.8 Å². The number of aromatic nitrogens is 1. The number of esters is 1. The molecule has 0 N–H and O–H groups in total. The molecule has 23 heavy (non-hydrogen) atoms. The van der Waals surface area contributed by atoms with Crippen LogP contribution in [0, 0.1) is 0 Å². The zero-order chi connectivity index (χ0) is 16.2. The number of benzene rings is 1. The minimum atomic E-state index is -0.162. The van der Waals surface area contributed by atoms with Crippen molar-refractivity contribution < 1.29 is 14.3 Å². The third kappa shape index (κ3) is 3.21. The van der Waals surface area contributed by atoms with Crippen molar-refractivity contribution in [3.8, 4) is 5.75 Å². The van der Waals surface area contributed by atoms with E-state index >= 15 is 0 Å². The second kappa shape index (κ2) is 7.07. The molecule has 0 aliphatic heterocycles. The molecule has 0 radical (unpaired) electrons.